The molecule has 3 atom stereocenters. The predicted octanol–water partition coefficient (Wildman–Crippen LogP) is 1.89. The topological polar surface area (TPSA) is 21.3 Å². The van der Waals surface area contributed by atoms with Crippen molar-refractivity contribution in [2.24, 2.45) is 0 Å². The summed E-state index contributed by atoms with van der Waals surface area (Å²) in [5, 5.41) is 3.27. The molecule has 1 fully saturated rings. The van der Waals surface area contributed by atoms with Crippen LogP contribution in [0.4, 0.5) is 4.39 Å². The Labute approximate surface area is 79.8 Å². The molecular formula is C10H20FNO. The zero-order valence-corrected chi connectivity index (χ0v) is 8.72. The molecule has 0 aromatic carbocycles. The molecule has 3 heteroatoms. The van der Waals surface area contributed by atoms with E-state index < -0.39 is 0 Å². The van der Waals surface area contributed by atoms with Crippen LogP contribution in [0.2, 0.25) is 0 Å². The van der Waals surface area contributed by atoms with E-state index in [9.17, 15) is 4.39 Å². The number of alkyl halides is 1. The Balaban J connectivity index is 2.32. The Hall–Kier alpha value is -0.150. The van der Waals surface area contributed by atoms with Gasteiger partial charge in [0.15, 0.2) is 0 Å². The van der Waals surface area contributed by atoms with Crippen LogP contribution in [0, 0.1) is 0 Å². The third-order valence-corrected chi connectivity index (χ3v) is 2.45. The molecular weight excluding hydrogens is 169 g/mol. The smallest absolute Gasteiger partial charge is 0.104 e. The summed E-state index contributed by atoms with van der Waals surface area (Å²) in [5.74, 6) is 0. The first-order valence-corrected chi connectivity index (χ1v) is 5.09. The molecule has 0 aromatic heterocycles. The van der Waals surface area contributed by atoms with Gasteiger partial charge in [0.05, 0.1) is 12.2 Å². The molecule has 1 rings (SSSR count). The molecule has 1 N–H and O–H groups in total. The third-order valence-electron chi connectivity index (χ3n) is 2.45. The van der Waals surface area contributed by atoms with Crippen molar-refractivity contribution in [1.82, 2.24) is 5.32 Å². The molecule has 1 aliphatic heterocycles. The largest absolute Gasteiger partial charge is 0.375 e. The van der Waals surface area contributed by atoms with Gasteiger partial charge in [-0.05, 0) is 33.6 Å². The summed E-state index contributed by atoms with van der Waals surface area (Å²) < 4.78 is 17.8. The summed E-state index contributed by atoms with van der Waals surface area (Å²) in [7, 11) is 0. The quantitative estimate of drug-likeness (QED) is 0.732. The van der Waals surface area contributed by atoms with Gasteiger partial charge in [-0.1, -0.05) is 0 Å². The molecule has 0 aromatic rings. The SMILES string of the molecule is CC(CF)NC1CC(C)OC(C)C1. The first-order valence-electron chi connectivity index (χ1n) is 5.09. The Kier molecular flexibility index (Phi) is 4.13. The highest BCUT2D eigenvalue weighted by atomic mass is 19.1. The highest BCUT2D eigenvalue weighted by molar-refractivity contribution is 4.80. The monoisotopic (exact) mass is 189 g/mol. The Morgan fingerprint density at radius 3 is 2.38 bits per heavy atom. The fourth-order valence-electron chi connectivity index (χ4n) is 1.99. The maximum atomic E-state index is 12.2. The molecule has 1 saturated heterocycles. The van der Waals surface area contributed by atoms with E-state index in [2.05, 4.69) is 19.2 Å². The van der Waals surface area contributed by atoms with Gasteiger partial charge >= 0.3 is 0 Å². The molecule has 78 valence electrons. The van der Waals surface area contributed by atoms with Crippen LogP contribution in [0.25, 0.3) is 0 Å². The lowest BCUT2D eigenvalue weighted by Crippen LogP contribution is -2.45. The average molecular weight is 189 g/mol. The van der Waals surface area contributed by atoms with Gasteiger partial charge in [0.25, 0.3) is 0 Å². The number of ether oxygens (including phenoxy) is 1. The van der Waals surface area contributed by atoms with Crippen LogP contribution < -0.4 is 5.32 Å². The summed E-state index contributed by atoms with van der Waals surface area (Å²) in [6.07, 6.45) is 2.59. The molecule has 0 bridgehead atoms. The van der Waals surface area contributed by atoms with Crippen molar-refractivity contribution >= 4 is 0 Å². The summed E-state index contributed by atoms with van der Waals surface area (Å²) >= 11 is 0. The predicted molar refractivity (Wildman–Crippen MR) is 51.6 cm³/mol. The second-order valence-corrected chi connectivity index (χ2v) is 4.15. The van der Waals surface area contributed by atoms with Crippen LogP contribution in [0.1, 0.15) is 33.6 Å². The minimum atomic E-state index is -0.292. The van der Waals surface area contributed by atoms with E-state index in [1.54, 1.807) is 0 Å². The van der Waals surface area contributed by atoms with E-state index >= 15 is 0 Å². The Morgan fingerprint density at radius 1 is 1.38 bits per heavy atom. The van der Waals surface area contributed by atoms with Gasteiger partial charge in [-0.3, -0.25) is 0 Å². The molecule has 1 heterocycles. The van der Waals surface area contributed by atoms with Crippen LogP contribution >= 0.6 is 0 Å². The molecule has 0 aliphatic carbocycles. The van der Waals surface area contributed by atoms with E-state index in [1.165, 1.54) is 0 Å². The Bertz CT molecular complexity index is 144. The lowest BCUT2D eigenvalue weighted by atomic mass is 9.99. The van der Waals surface area contributed by atoms with Crippen molar-refractivity contribution in [2.75, 3.05) is 6.67 Å². The van der Waals surface area contributed by atoms with E-state index in [-0.39, 0.29) is 12.7 Å². The zero-order valence-electron chi connectivity index (χ0n) is 8.72. The first-order chi connectivity index (χ1) is 6.11. The van der Waals surface area contributed by atoms with Crippen molar-refractivity contribution in [3.63, 3.8) is 0 Å². The van der Waals surface area contributed by atoms with Gasteiger partial charge in [-0.15, -0.1) is 0 Å². The van der Waals surface area contributed by atoms with Crippen LogP contribution in [-0.4, -0.2) is 31.0 Å². The summed E-state index contributed by atoms with van der Waals surface area (Å²) in [6, 6.07) is 0.395. The number of halogens is 1. The van der Waals surface area contributed by atoms with Gasteiger partial charge in [0.2, 0.25) is 0 Å². The molecule has 0 saturated carbocycles. The number of hydrogen-bond acceptors (Lipinski definition) is 2. The molecule has 0 radical (unpaired) electrons. The van der Waals surface area contributed by atoms with Crippen LogP contribution in [0.5, 0.6) is 0 Å². The van der Waals surface area contributed by atoms with Gasteiger partial charge in [-0.2, -0.15) is 0 Å². The normalized spacial score (nSPS) is 37.4. The summed E-state index contributed by atoms with van der Waals surface area (Å²) in [4.78, 5) is 0. The van der Waals surface area contributed by atoms with E-state index in [1.807, 2.05) is 6.92 Å². The maximum absolute atomic E-state index is 12.2. The van der Waals surface area contributed by atoms with Gasteiger partial charge in [0.1, 0.15) is 6.67 Å². The lowest BCUT2D eigenvalue weighted by molar-refractivity contribution is -0.0436. The van der Waals surface area contributed by atoms with Crippen molar-refractivity contribution in [3.05, 3.63) is 0 Å². The van der Waals surface area contributed by atoms with E-state index in [0.717, 1.165) is 12.8 Å². The first kappa shape index (κ1) is 10.9. The van der Waals surface area contributed by atoms with Crippen molar-refractivity contribution in [2.45, 2.75) is 57.9 Å². The second-order valence-electron chi connectivity index (χ2n) is 4.15. The van der Waals surface area contributed by atoms with Crippen molar-refractivity contribution in [3.8, 4) is 0 Å². The number of nitrogens with one attached hydrogen (secondary N) is 1. The summed E-state index contributed by atoms with van der Waals surface area (Å²) in [6.45, 7) is 5.74. The highest BCUT2D eigenvalue weighted by Crippen LogP contribution is 2.19. The number of rotatable bonds is 3. The average Bonchev–Trinajstić information content (AvgIpc) is 2.02. The molecule has 1 aliphatic rings. The minimum absolute atomic E-state index is 0.0255. The molecule has 13 heavy (non-hydrogen) atoms. The Morgan fingerprint density at radius 2 is 1.92 bits per heavy atom. The second kappa shape index (κ2) is 4.91. The molecule has 3 unspecified atom stereocenters. The van der Waals surface area contributed by atoms with E-state index in [0.29, 0.717) is 18.2 Å². The number of hydrogen-bond donors (Lipinski definition) is 1. The zero-order chi connectivity index (χ0) is 9.84. The van der Waals surface area contributed by atoms with Crippen molar-refractivity contribution < 1.29 is 9.13 Å². The molecule has 0 amide bonds. The summed E-state index contributed by atoms with van der Waals surface area (Å²) in [5.41, 5.74) is 0. The van der Waals surface area contributed by atoms with Crippen molar-refractivity contribution in [1.29, 1.82) is 0 Å². The third kappa shape index (κ3) is 3.61. The van der Waals surface area contributed by atoms with E-state index in [4.69, 9.17) is 4.74 Å². The van der Waals surface area contributed by atoms with Gasteiger partial charge in [-0.25, -0.2) is 4.39 Å². The fourth-order valence-corrected chi connectivity index (χ4v) is 1.99. The standard InChI is InChI=1S/C10H20FNO/c1-7(6-11)12-10-4-8(2)13-9(3)5-10/h7-10,12H,4-6H2,1-3H3. The van der Waals surface area contributed by atoms with Gasteiger partial charge in [0, 0.05) is 12.1 Å². The molecule has 0 spiro atoms. The van der Waals surface area contributed by atoms with Crippen LogP contribution in [0.15, 0.2) is 0 Å². The van der Waals surface area contributed by atoms with Crippen LogP contribution in [0.3, 0.4) is 0 Å². The lowest BCUT2D eigenvalue weighted by Gasteiger charge is -2.33. The highest BCUT2D eigenvalue weighted by Gasteiger charge is 2.24. The van der Waals surface area contributed by atoms with Crippen LogP contribution in [-0.2, 0) is 4.74 Å². The van der Waals surface area contributed by atoms with Gasteiger partial charge < -0.3 is 10.1 Å². The minimum Gasteiger partial charge on any atom is -0.375 e. The molecule has 2 nitrogen and oxygen atoms in total. The maximum Gasteiger partial charge on any atom is 0.104 e. The fraction of sp³-hybridized carbons (Fsp3) is 1.00.